The minimum Gasteiger partial charge on any atom is -0.396 e. The Labute approximate surface area is 160 Å². The summed E-state index contributed by atoms with van der Waals surface area (Å²) in [6.45, 7) is 3.98. The van der Waals surface area contributed by atoms with Gasteiger partial charge in [0.05, 0.1) is 36.2 Å². The summed E-state index contributed by atoms with van der Waals surface area (Å²) >= 11 is 0. The van der Waals surface area contributed by atoms with Crippen LogP contribution in [0.15, 0.2) is 39.9 Å². The van der Waals surface area contributed by atoms with Crippen LogP contribution < -0.4 is 5.56 Å². The lowest BCUT2D eigenvalue weighted by Gasteiger charge is -2.18. The van der Waals surface area contributed by atoms with Gasteiger partial charge < -0.3 is 14.4 Å². The molecule has 28 heavy (non-hydrogen) atoms. The minimum atomic E-state index is -0.297. The zero-order valence-corrected chi connectivity index (χ0v) is 15.9. The molecule has 1 N–H and O–H groups in total. The quantitative estimate of drug-likeness (QED) is 0.542. The molecule has 2 unspecified atom stereocenters. The van der Waals surface area contributed by atoms with Gasteiger partial charge in [0.1, 0.15) is 17.5 Å². The summed E-state index contributed by atoms with van der Waals surface area (Å²) < 4.78 is 14.0. The Bertz CT molecular complexity index is 1190. The average Bonchev–Trinajstić information content (AvgIpc) is 3.35. The maximum Gasteiger partial charge on any atom is 0.278 e. The summed E-state index contributed by atoms with van der Waals surface area (Å²) in [5.74, 6) is 0.220. The zero-order valence-electron chi connectivity index (χ0n) is 15.9. The molecule has 0 amide bonds. The molecule has 2 atom stereocenters. The highest BCUT2D eigenvalue weighted by molar-refractivity contribution is 5.83. The first kappa shape index (κ1) is 18.3. The Morgan fingerprint density at radius 3 is 2.71 bits per heavy atom. The molecule has 0 fully saturated rings. The zero-order chi connectivity index (χ0) is 19.8. The van der Waals surface area contributed by atoms with E-state index in [1.165, 1.54) is 0 Å². The lowest BCUT2D eigenvalue weighted by molar-refractivity contribution is 0.162. The van der Waals surface area contributed by atoms with Crippen LogP contribution in [0.4, 0.5) is 0 Å². The first-order valence-electron chi connectivity index (χ1n) is 9.00. The van der Waals surface area contributed by atoms with E-state index in [4.69, 9.17) is 9.26 Å². The van der Waals surface area contributed by atoms with Gasteiger partial charge in [-0.05, 0) is 19.1 Å². The molecule has 9 heteroatoms. The summed E-state index contributed by atoms with van der Waals surface area (Å²) in [4.78, 5) is 22.1. The maximum atomic E-state index is 13.4. The van der Waals surface area contributed by atoms with Gasteiger partial charge in [-0.1, -0.05) is 24.2 Å². The van der Waals surface area contributed by atoms with Gasteiger partial charge in [0, 0.05) is 7.11 Å². The van der Waals surface area contributed by atoms with Crippen LogP contribution in [0.25, 0.3) is 28.1 Å². The van der Waals surface area contributed by atoms with E-state index in [0.717, 1.165) is 11.0 Å². The molecular formula is C19H21N5O4. The Morgan fingerprint density at radius 2 is 2.00 bits per heavy atom. The fraction of sp³-hybridized carbons (Fsp3) is 0.368. The standard InChI is InChI=1S/C19H21N5O4/c1-11(8-25)18-21-17(22-28-18)15-16-19(26)24(12(2)9-27-3)14-7-5-4-6-13(14)23(16)10-20-15/h4-7,10-12,25H,8-9H2,1-3H3. The van der Waals surface area contributed by atoms with Crippen LogP contribution in [0.5, 0.6) is 0 Å². The second-order valence-corrected chi connectivity index (χ2v) is 6.82. The van der Waals surface area contributed by atoms with E-state index in [2.05, 4.69) is 15.1 Å². The third-order valence-corrected chi connectivity index (χ3v) is 4.79. The summed E-state index contributed by atoms with van der Waals surface area (Å²) in [6.07, 6.45) is 1.59. The number of benzene rings is 1. The van der Waals surface area contributed by atoms with E-state index in [1.54, 1.807) is 29.3 Å². The number of aliphatic hydroxyl groups is 1. The van der Waals surface area contributed by atoms with Crippen molar-refractivity contribution in [3.05, 3.63) is 46.8 Å². The van der Waals surface area contributed by atoms with Crippen molar-refractivity contribution in [3.63, 3.8) is 0 Å². The highest BCUT2D eigenvalue weighted by Gasteiger charge is 2.23. The number of hydrogen-bond donors (Lipinski definition) is 1. The molecule has 3 aromatic heterocycles. The Hall–Kier alpha value is -3.04. The van der Waals surface area contributed by atoms with E-state index >= 15 is 0 Å². The largest absolute Gasteiger partial charge is 0.396 e. The molecule has 146 valence electrons. The number of methoxy groups -OCH3 is 1. The number of hydrogen-bond acceptors (Lipinski definition) is 7. The predicted molar refractivity (Wildman–Crippen MR) is 102 cm³/mol. The minimum absolute atomic E-state index is 0.114. The van der Waals surface area contributed by atoms with Gasteiger partial charge in [-0.15, -0.1) is 0 Å². The lowest BCUT2D eigenvalue weighted by atomic mass is 10.2. The average molecular weight is 383 g/mol. The molecule has 0 saturated carbocycles. The molecule has 0 bridgehead atoms. The van der Waals surface area contributed by atoms with Crippen molar-refractivity contribution in [2.24, 2.45) is 0 Å². The van der Waals surface area contributed by atoms with E-state index in [9.17, 15) is 9.90 Å². The van der Waals surface area contributed by atoms with Crippen LogP contribution in [-0.2, 0) is 4.74 Å². The second-order valence-electron chi connectivity index (χ2n) is 6.82. The van der Waals surface area contributed by atoms with Crippen molar-refractivity contribution < 1.29 is 14.4 Å². The fourth-order valence-electron chi connectivity index (χ4n) is 3.36. The lowest BCUT2D eigenvalue weighted by Crippen LogP contribution is -2.28. The van der Waals surface area contributed by atoms with Gasteiger partial charge in [0.25, 0.3) is 5.56 Å². The van der Waals surface area contributed by atoms with Crippen molar-refractivity contribution in [3.8, 4) is 11.5 Å². The van der Waals surface area contributed by atoms with E-state index in [1.807, 2.05) is 31.2 Å². The van der Waals surface area contributed by atoms with Crippen LogP contribution in [0, 0.1) is 0 Å². The SMILES string of the molecule is COCC(C)n1c(=O)c2c(-c3noc(C(C)CO)n3)ncn2c2ccccc21. The van der Waals surface area contributed by atoms with Crippen LogP contribution in [0.2, 0.25) is 0 Å². The van der Waals surface area contributed by atoms with Gasteiger partial charge >= 0.3 is 0 Å². The summed E-state index contributed by atoms with van der Waals surface area (Å²) in [7, 11) is 1.61. The smallest absolute Gasteiger partial charge is 0.278 e. The van der Waals surface area contributed by atoms with E-state index in [-0.39, 0.29) is 30.0 Å². The number of fused-ring (bicyclic) bond motifs is 3. The Balaban J connectivity index is 2.01. The molecule has 0 spiro atoms. The molecule has 3 heterocycles. The van der Waals surface area contributed by atoms with Gasteiger partial charge in [-0.3, -0.25) is 13.8 Å². The van der Waals surface area contributed by atoms with Crippen LogP contribution in [0.3, 0.4) is 0 Å². The fourth-order valence-corrected chi connectivity index (χ4v) is 3.36. The highest BCUT2D eigenvalue weighted by Crippen LogP contribution is 2.25. The summed E-state index contributed by atoms with van der Waals surface area (Å²) in [5, 5.41) is 13.3. The number of para-hydroxylation sites is 2. The maximum absolute atomic E-state index is 13.4. The first-order chi connectivity index (χ1) is 13.6. The normalized spacial score (nSPS) is 14.0. The third-order valence-electron chi connectivity index (χ3n) is 4.79. The highest BCUT2D eigenvalue weighted by atomic mass is 16.5. The molecule has 0 aliphatic carbocycles. The number of aromatic nitrogens is 5. The van der Waals surface area contributed by atoms with Gasteiger partial charge in [0.15, 0.2) is 0 Å². The molecule has 4 rings (SSSR count). The van der Waals surface area contributed by atoms with Crippen LogP contribution in [-0.4, -0.2) is 49.5 Å². The van der Waals surface area contributed by atoms with E-state index < -0.39 is 0 Å². The molecule has 1 aromatic carbocycles. The molecule has 4 aromatic rings. The number of nitrogens with zero attached hydrogens (tertiary/aromatic N) is 5. The van der Waals surface area contributed by atoms with Gasteiger partial charge in [-0.25, -0.2) is 4.98 Å². The molecular weight excluding hydrogens is 362 g/mol. The Morgan fingerprint density at radius 1 is 1.25 bits per heavy atom. The van der Waals surface area contributed by atoms with Crippen molar-refractivity contribution in [2.45, 2.75) is 25.8 Å². The predicted octanol–water partition coefficient (Wildman–Crippen LogP) is 2.00. The second kappa shape index (κ2) is 7.17. The third kappa shape index (κ3) is 2.79. The molecule has 0 aliphatic heterocycles. The molecule has 0 aliphatic rings. The van der Waals surface area contributed by atoms with Crippen molar-refractivity contribution in [1.82, 2.24) is 24.1 Å². The summed E-state index contributed by atoms with van der Waals surface area (Å²) in [5.41, 5.74) is 2.12. The number of ether oxygens (including phenoxy) is 1. The first-order valence-corrected chi connectivity index (χ1v) is 9.00. The van der Waals surface area contributed by atoms with E-state index in [0.29, 0.717) is 23.7 Å². The molecule has 0 saturated heterocycles. The number of rotatable bonds is 6. The number of aliphatic hydroxyl groups excluding tert-OH is 1. The van der Waals surface area contributed by atoms with Crippen molar-refractivity contribution >= 4 is 16.6 Å². The van der Waals surface area contributed by atoms with Gasteiger partial charge in [0.2, 0.25) is 11.7 Å². The van der Waals surface area contributed by atoms with Crippen LogP contribution >= 0.6 is 0 Å². The number of imidazole rings is 1. The molecule has 9 nitrogen and oxygen atoms in total. The monoisotopic (exact) mass is 383 g/mol. The van der Waals surface area contributed by atoms with Crippen molar-refractivity contribution in [2.75, 3.05) is 20.3 Å². The van der Waals surface area contributed by atoms with Crippen molar-refractivity contribution in [1.29, 1.82) is 0 Å². The Kier molecular flexibility index (Phi) is 4.70. The summed E-state index contributed by atoms with van der Waals surface area (Å²) in [6, 6.07) is 7.46. The topological polar surface area (TPSA) is 108 Å². The van der Waals surface area contributed by atoms with Crippen LogP contribution in [0.1, 0.15) is 31.7 Å². The molecule has 0 radical (unpaired) electrons. The van der Waals surface area contributed by atoms with Gasteiger partial charge in [-0.2, -0.15) is 4.98 Å².